The van der Waals surface area contributed by atoms with E-state index in [4.69, 9.17) is 0 Å². The zero-order valence-corrected chi connectivity index (χ0v) is 16.5. The third-order valence-corrected chi connectivity index (χ3v) is 4.58. The average molecular weight is 459 g/mol. The van der Waals surface area contributed by atoms with E-state index in [2.05, 4.69) is 15.5 Å². The van der Waals surface area contributed by atoms with Gasteiger partial charge in [0.15, 0.2) is 5.82 Å². The number of hydrogen-bond donors (Lipinski definition) is 1. The first-order chi connectivity index (χ1) is 14.8. The minimum Gasteiger partial charge on any atom is -0.268 e. The second kappa shape index (κ2) is 8.13. The second-order valence-electron chi connectivity index (χ2n) is 6.93. The molecule has 13 heteroatoms. The second-order valence-corrected chi connectivity index (χ2v) is 6.93. The van der Waals surface area contributed by atoms with Gasteiger partial charge in [0.05, 0.1) is 17.7 Å². The molecule has 1 N–H and O–H groups in total. The van der Waals surface area contributed by atoms with Crippen LogP contribution in [0.2, 0.25) is 0 Å². The van der Waals surface area contributed by atoms with Crippen LogP contribution in [0.3, 0.4) is 0 Å². The number of nitrogens with zero attached hydrogens (tertiary/aromatic N) is 4. The third-order valence-electron chi connectivity index (χ3n) is 4.58. The number of hydrazine groups is 1. The Bertz CT molecular complexity index is 1100. The van der Waals surface area contributed by atoms with Crippen LogP contribution in [-0.4, -0.2) is 38.1 Å². The highest BCUT2D eigenvalue weighted by Crippen LogP contribution is 2.38. The maximum atomic E-state index is 13.0. The molecule has 0 bridgehead atoms. The molecule has 32 heavy (non-hydrogen) atoms. The number of alkyl halides is 6. The van der Waals surface area contributed by atoms with Crippen LogP contribution in [0.4, 0.5) is 26.3 Å². The predicted molar refractivity (Wildman–Crippen MR) is 99.0 cm³/mol. The third kappa shape index (κ3) is 4.98. The topological polar surface area (TPSA) is 80.1 Å². The predicted octanol–water partition coefficient (Wildman–Crippen LogP) is 3.66. The summed E-state index contributed by atoms with van der Waals surface area (Å²) in [5.74, 6) is -1.47. The Morgan fingerprint density at radius 1 is 1.06 bits per heavy atom. The van der Waals surface area contributed by atoms with Crippen molar-refractivity contribution in [2.75, 3.05) is 6.54 Å². The Kier molecular flexibility index (Phi) is 5.85. The van der Waals surface area contributed by atoms with Crippen molar-refractivity contribution in [2.45, 2.75) is 26.2 Å². The Morgan fingerprint density at radius 3 is 2.16 bits per heavy atom. The molecule has 7 nitrogen and oxygen atoms in total. The van der Waals surface area contributed by atoms with Gasteiger partial charge in [-0.25, -0.2) is 14.7 Å². The molecule has 3 rings (SSSR count). The van der Waals surface area contributed by atoms with Crippen molar-refractivity contribution < 1.29 is 35.9 Å². The molecular formula is C19H15F6N5O2. The highest BCUT2D eigenvalue weighted by Gasteiger charge is 2.37. The molecule has 2 heterocycles. The van der Waals surface area contributed by atoms with Crippen LogP contribution in [-0.2, 0) is 21.9 Å². The van der Waals surface area contributed by atoms with Gasteiger partial charge in [-0.3, -0.25) is 15.0 Å². The summed E-state index contributed by atoms with van der Waals surface area (Å²) in [6.07, 6.45) is -6.95. The summed E-state index contributed by atoms with van der Waals surface area (Å²) < 4.78 is 79.0. The van der Waals surface area contributed by atoms with Gasteiger partial charge < -0.3 is 0 Å². The number of aromatic nitrogens is 3. The summed E-state index contributed by atoms with van der Waals surface area (Å²) in [7, 11) is 0. The Labute approximate surface area is 177 Å². The summed E-state index contributed by atoms with van der Waals surface area (Å²) in [4.78, 5) is 27.6. The van der Waals surface area contributed by atoms with E-state index in [1.165, 1.54) is 0 Å². The number of hydrogen-bond acceptors (Lipinski definition) is 4. The number of carbonyl (C=O) groups excluding carboxylic acids is 2. The van der Waals surface area contributed by atoms with Crippen LogP contribution in [0.1, 0.15) is 25.0 Å². The van der Waals surface area contributed by atoms with Gasteiger partial charge >= 0.3 is 12.4 Å². The lowest BCUT2D eigenvalue weighted by Crippen LogP contribution is -2.43. The van der Waals surface area contributed by atoms with Gasteiger partial charge in [-0.2, -0.15) is 26.3 Å². The summed E-state index contributed by atoms with van der Waals surface area (Å²) in [5, 5.41) is 4.89. The van der Waals surface area contributed by atoms with Gasteiger partial charge in [0.1, 0.15) is 6.33 Å². The van der Waals surface area contributed by atoms with Crippen molar-refractivity contribution in [2.24, 2.45) is 0 Å². The van der Waals surface area contributed by atoms with E-state index in [0.29, 0.717) is 17.7 Å². The molecule has 0 atom stereocenters. The molecule has 0 fully saturated rings. The van der Waals surface area contributed by atoms with Crippen LogP contribution < -0.4 is 5.43 Å². The average Bonchev–Trinajstić information content (AvgIpc) is 3.26. The van der Waals surface area contributed by atoms with E-state index in [-0.39, 0.29) is 18.5 Å². The molecule has 0 unspecified atom stereocenters. The summed E-state index contributed by atoms with van der Waals surface area (Å²) in [6.45, 7) is 3.58. The zero-order chi connectivity index (χ0) is 23.8. The molecule has 2 aromatic rings. The number of amides is 2. The standard InChI is InChI=1S/C19H15F6N5O2/c1-10-8-30(17(32)11(10)2)27-15(31)3-4-29-9-26-16(28-29)12-5-13(18(20,21)22)7-14(6-12)19(23,24)25/h3-7,9H,8H2,1-2H3,(H,27,31)/b4-3-. The molecule has 0 radical (unpaired) electrons. The van der Waals surface area contributed by atoms with Gasteiger partial charge in [0.25, 0.3) is 11.8 Å². The number of benzene rings is 1. The van der Waals surface area contributed by atoms with E-state index in [1.807, 2.05) is 0 Å². The molecular weight excluding hydrogens is 444 g/mol. The van der Waals surface area contributed by atoms with Gasteiger partial charge in [-0.15, -0.1) is 5.10 Å². The number of rotatable bonds is 4. The first kappa shape index (κ1) is 23.0. The summed E-state index contributed by atoms with van der Waals surface area (Å²) in [6, 6.07) is 1.01. The van der Waals surface area contributed by atoms with Crippen LogP contribution >= 0.6 is 0 Å². The van der Waals surface area contributed by atoms with Gasteiger partial charge in [0.2, 0.25) is 0 Å². The first-order valence-corrected chi connectivity index (χ1v) is 8.94. The van der Waals surface area contributed by atoms with E-state index in [9.17, 15) is 35.9 Å². The molecule has 1 aliphatic rings. The van der Waals surface area contributed by atoms with E-state index in [0.717, 1.165) is 33.9 Å². The fourth-order valence-electron chi connectivity index (χ4n) is 2.78. The Morgan fingerprint density at radius 2 is 1.66 bits per heavy atom. The lowest BCUT2D eigenvalue weighted by Gasteiger charge is -2.16. The van der Waals surface area contributed by atoms with Gasteiger partial charge in [0, 0.05) is 23.4 Å². The molecule has 0 spiro atoms. The molecule has 1 aromatic heterocycles. The Hall–Kier alpha value is -3.64. The smallest absolute Gasteiger partial charge is 0.268 e. The molecule has 0 aliphatic carbocycles. The normalized spacial score (nSPS) is 15.2. The van der Waals surface area contributed by atoms with E-state index < -0.39 is 40.8 Å². The highest BCUT2D eigenvalue weighted by atomic mass is 19.4. The van der Waals surface area contributed by atoms with Crippen molar-refractivity contribution in [1.82, 2.24) is 25.2 Å². The van der Waals surface area contributed by atoms with Crippen molar-refractivity contribution in [3.8, 4) is 11.4 Å². The van der Waals surface area contributed by atoms with Crippen LogP contribution in [0.15, 0.2) is 41.7 Å². The largest absolute Gasteiger partial charge is 0.416 e. The lowest BCUT2D eigenvalue weighted by molar-refractivity contribution is -0.143. The zero-order valence-electron chi connectivity index (χ0n) is 16.5. The SMILES string of the molecule is CC1=C(C)C(=O)N(NC(=O)/C=C\n2cnc(-c3cc(C(F)(F)F)cc(C(F)(F)F)c3)n2)C1. The van der Waals surface area contributed by atoms with Crippen LogP contribution in [0.25, 0.3) is 17.6 Å². The minimum absolute atomic E-state index is 0.00265. The van der Waals surface area contributed by atoms with Crippen molar-refractivity contribution in [3.05, 3.63) is 52.9 Å². The van der Waals surface area contributed by atoms with Crippen molar-refractivity contribution >= 4 is 18.0 Å². The fourth-order valence-corrected chi connectivity index (χ4v) is 2.78. The Balaban J connectivity index is 1.78. The lowest BCUT2D eigenvalue weighted by atomic mass is 10.0. The number of nitrogens with one attached hydrogen (secondary N) is 1. The van der Waals surface area contributed by atoms with Crippen LogP contribution in [0, 0.1) is 0 Å². The monoisotopic (exact) mass is 459 g/mol. The van der Waals surface area contributed by atoms with Crippen molar-refractivity contribution in [1.29, 1.82) is 0 Å². The fraction of sp³-hybridized carbons (Fsp3) is 0.263. The van der Waals surface area contributed by atoms with E-state index in [1.54, 1.807) is 13.8 Å². The summed E-state index contributed by atoms with van der Waals surface area (Å²) >= 11 is 0. The van der Waals surface area contributed by atoms with E-state index >= 15 is 0 Å². The van der Waals surface area contributed by atoms with Gasteiger partial charge in [-0.1, -0.05) is 0 Å². The molecule has 170 valence electrons. The maximum absolute atomic E-state index is 13.0. The van der Waals surface area contributed by atoms with Gasteiger partial charge in [-0.05, 0) is 37.6 Å². The molecule has 0 saturated carbocycles. The minimum atomic E-state index is -5.00. The molecule has 0 saturated heterocycles. The highest BCUT2D eigenvalue weighted by molar-refractivity contribution is 5.99. The molecule has 1 aromatic carbocycles. The van der Waals surface area contributed by atoms with Crippen LogP contribution in [0.5, 0.6) is 0 Å². The first-order valence-electron chi connectivity index (χ1n) is 8.94. The number of halogens is 6. The molecule has 1 aliphatic heterocycles. The summed E-state index contributed by atoms with van der Waals surface area (Å²) in [5.41, 5.74) is 0.160. The maximum Gasteiger partial charge on any atom is 0.416 e. The quantitative estimate of drug-likeness (QED) is 0.559. The number of carbonyl (C=O) groups is 2. The molecule has 2 amide bonds. The van der Waals surface area contributed by atoms with Crippen molar-refractivity contribution in [3.63, 3.8) is 0 Å².